The number of rotatable bonds is 4. The van der Waals surface area contributed by atoms with Gasteiger partial charge in [-0.1, -0.05) is 0 Å². The summed E-state index contributed by atoms with van der Waals surface area (Å²) in [6.07, 6.45) is 6.45. The molecule has 15 heavy (non-hydrogen) atoms. The molecule has 2 nitrogen and oxygen atoms in total. The second-order valence-corrected chi connectivity index (χ2v) is 3.81. The summed E-state index contributed by atoms with van der Waals surface area (Å²) in [6, 6.07) is 2.74. The molecular formula is C11H11BrFNO. The largest absolute Gasteiger partial charge is 0.491 e. The number of hydrogen-bond donors (Lipinski definition) is 1. The van der Waals surface area contributed by atoms with Gasteiger partial charge in [-0.2, -0.15) is 0 Å². The number of anilines is 1. The monoisotopic (exact) mass is 271 g/mol. The van der Waals surface area contributed by atoms with Crippen LogP contribution in [0.2, 0.25) is 0 Å². The highest BCUT2D eigenvalue weighted by atomic mass is 79.9. The van der Waals surface area contributed by atoms with Gasteiger partial charge in [-0.15, -0.1) is 12.3 Å². The van der Waals surface area contributed by atoms with E-state index in [2.05, 4.69) is 21.9 Å². The van der Waals surface area contributed by atoms with E-state index in [1.165, 1.54) is 12.1 Å². The van der Waals surface area contributed by atoms with Crippen LogP contribution in [-0.2, 0) is 0 Å². The van der Waals surface area contributed by atoms with E-state index in [4.69, 9.17) is 16.9 Å². The minimum absolute atomic E-state index is 0.330. The Morgan fingerprint density at radius 3 is 2.93 bits per heavy atom. The van der Waals surface area contributed by atoms with Crippen molar-refractivity contribution < 1.29 is 9.13 Å². The molecule has 80 valence electrons. The van der Waals surface area contributed by atoms with Crippen LogP contribution in [0.15, 0.2) is 16.6 Å². The Balaban J connectivity index is 2.62. The van der Waals surface area contributed by atoms with Gasteiger partial charge in [0.2, 0.25) is 0 Å². The fraction of sp³-hybridized carbons (Fsp3) is 0.273. The lowest BCUT2D eigenvalue weighted by molar-refractivity contribution is 0.313. The standard InChI is InChI=1S/C11H11BrFNO/c1-2-3-4-5-15-11-7-9(13)8(12)6-10(11)14/h1,6-7H,3-5,14H2. The topological polar surface area (TPSA) is 35.2 Å². The molecule has 0 aliphatic carbocycles. The van der Waals surface area contributed by atoms with Gasteiger partial charge in [0, 0.05) is 12.5 Å². The van der Waals surface area contributed by atoms with Gasteiger partial charge < -0.3 is 10.5 Å². The van der Waals surface area contributed by atoms with E-state index in [0.717, 1.165) is 6.42 Å². The van der Waals surface area contributed by atoms with Crippen molar-refractivity contribution in [3.05, 3.63) is 22.4 Å². The van der Waals surface area contributed by atoms with Gasteiger partial charge in [-0.3, -0.25) is 0 Å². The fourth-order valence-electron chi connectivity index (χ4n) is 1.03. The quantitative estimate of drug-likeness (QED) is 0.519. The first-order valence-electron chi connectivity index (χ1n) is 4.46. The molecule has 0 saturated carbocycles. The molecule has 1 aromatic carbocycles. The molecule has 0 bridgehead atoms. The number of benzene rings is 1. The summed E-state index contributed by atoms with van der Waals surface area (Å²) in [5.41, 5.74) is 6.05. The summed E-state index contributed by atoms with van der Waals surface area (Å²) >= 11 is 3.04. The number of halogens is 2. The van der Waals surface area contributed by atoms with Crippen LogP contribution in [-0.4, -0.2) is 6.61 Å². The maximum absolute atomic E-state index is 13.1. The maximum Gasteiger partial charge on any atom is 0.145 e. The van der Waals surface area contributed by atoms with Gasteiger partial charge >= 0.3 is 0 Å². The summed E-state index contributed by atoms with van der Waals surface area (Å²) in [6.45, 7) is 0.440. The van der Waals surface area contributed by atoms with Gasteiger partial charge in [-0.05, 0) is 28.4 Å². The molecule has 0 radical (unpaired) electrons. The third kappa shape index (κ3) is 3.45. The first kappa shape index (κ1) is 11.9. The Bertz CT molecular complexity index is 387. The number of unbranched alkanes of at least 4 members (excludes halogenated alkanes) is 1. The summed E-state index contributed by atoms with van der Waals surface area (Å²) < 4.78 is 18.7. The van der Waals surface area contributed by atoms with Crippen LogP contribution in [0.4, 0.5) is 10.1 Å². The molecule has 0 atom stereocenters. The molecule has 4 heteroatoms. The van der Waals surface area contributed by atoms with Crippen LogP contribution in [0.1, 0.15) is 12.8 Å². The van der Waals surface area contributed by atoms with Crippen molar-refractivity contribution >= 4 is 21.6 Å². The number of nitrogens with two attached hydrogens (primary N) is 1. The molecule has 1 aromatic rings. The summed E-state index contributed by atoms with van der Waals surface area (Å²) in [7, 11) is 0. The lowest BCUT2D eigenvalue weighted by Crippen LogP contribution is -2.00. The van der Waals surface area contributed by atoms with Gasteiger partial charge in [-0.25, -0.2) is 4.39 Å². The van der Waals surface area contributed by atoms with Crippen LogP contribution >= 0.6 is 15.9 Å². The van der Waals surface area contributed by atoms with E-state index in [1.807, 2.05) is 0 Å². The Morgan fingerprint density at radius 2 is 2.27 bits per heavy atom. The van der Waals surface area contributed by atoms with E-state index >= 15 is 0 Å². The van der Waals surface area contributed by atoms with Gasteiger partial charge in [0.25, 0.3) is 0 Å². The minimum Gasteiger partial charge on any atom is -0.491 e. The van der Waals surface area contributed by atoms with Gasteiger partial charge in [0.1, 0.15) is 11.6 Å². The number of terminal acetylenes is 1. The zero-order chi connectivity index (χ0) is 11.3. The van der Waals surface area contributed by atoms with Crippen molar-refractivity contribution in [3.63, 3.8) is 0 Å². The molecule has 0 fully saturated rings. The molecule has 0 unspecified atom stereocenters. The van der Waals surface area contributed by atoms with Crippen LogP contribution in [0.25, 0.3) is 0 Å². The molecule has 0 aromatic heterocycles. The lowest BCUT2D eigenvalue weighted by Gasteiger charge is -2.08. The molecule has 0 saturated heterocycles. The molecule has 0 aliphatic rings. The first-order valence-corrected chi connectivity index (χ1v) is 5.25. The summed E-state index contributed by atoms with van der Waals surface area (Å²) in [5.74, 6) is 2.46. The SMILES string of the molecule is C#CCCCOc1cc(F)c(Br)cc1N. The summed E-state index contributed by atoms with van der Waals surface area (Å²) in [5, 5.41) is 0. The Hall–Kier alpha value is -1.21. The maximum atomic E-state index is 13.1. The second-order valence-electron chi connectivity index (χ2n) is 2.96. The third-order valence-corrected chi connectivity index (χ3v) is 2.38. The predicted molar refractivity (Wildman–Crippen MR) is 62.1 cm³/mol. The van der Waals surface area contributed by atoms with Crippen LogP contribution < -0.4 is 10.5 Å². The molecule has 2 N–H and O–H groups in total. The van der Waals surface area contributed by atoms with E-state index in [0.29, 0.717) is 28.9 Å². The zero-order valence-corrected chi connectivity index (χ0v) is 9.68. The van der Waals surface area contributed by atoms with Gasteiger partial charge in [0.05, 0.1) is 16.8 Å². The van der Waals surface area contributed by atoms with Crippen LogP contribution in [0.3, 0.4) is 0 Å². The van der Waals surface area contributed by atoms with Crippen molar-refractivity contribution in [2.45, 2.75) is 12.8 Å². The molecular weight excluding hydrogens is 261 g/mol. The lowest BCUT2D eigenvalue weighted by atomic mass is 10.3. The molecule has 0 aliphatic heterocycles. The van der Waals surface area contributed by atoms with Crippen molar-refractivity contribution in [1.29, 1.82) is 0 Å². The Labute approximate surface area is 96.7 Å². The predicted octanol–water partition coefficient (Wildman–Crippen LogP) is 2.96. The second kappa shape index (κ2) is 5.62. The zero-order valence-electron chi connectivity index (χ0n) is 8.09. The number of ether oxygens (including phenoxy) is 1. The van der Waals surface area contributed by atoms with E-state index in [9.17, 15) is 4.39 Å². The van der Waals surface area contributed by atoms with Crippen molar-refractivity contribution in [1.82, 2.24) is 0 Å². The minimum atomic E-state index is -0.392. The number of hydrogen-bond acceptors (Lipinski definition) is 2. The normalized spacial score (nSPS) is 9.67. The highest BCUT2D eigenvalue weighted by Gasteiger charge is 2.06. The smallest absolute Gasteiger partial charge is 0.145 e. The Kier molecular flexibility index (Phi) is 4.44. The van der Waals surface area contributed by atoms with E-state index < -0.39 is 5.82 Å². The highest BCUT2D eigenvalue weighted by Crippen LogP contribution is 2.28. The average Bonchev–Trinajstić information content (AvgIpc) is 2.20. The van der Waals surface area contributed by atoms with Crippen molar-refractivity contribution in [2.75, 3.05) is 12.3 Å². The molecule has 0 heterocycles. The average molecular weight is 272 g/mol. The Morgan fingerprint density at radius 1 is 1.53 bits per heavy atom. The molecule has 0 spiro atoms. The third-order valence-electron chi connectivity index (χ3n) is 1.78. The fourth-order valence-corrected chi connectivity index (χ4v) is 1.39. The van der Waals surface area contributed by atoms with Crippen molar-refractivity contribution in [3.8, 4) is 18.1 Å². The summed E-state index contributed by atoms with van der Waals surface area (Å²) in [4.78, 5) is 0. The van der Waals surface area contributed by atoms with Crippen molar-refractivity contribution in [2.24, 2.45) is 0 Å². The molecule has 0 amide bonds. The van der Waals surface area contributed by atoms with E-state index in [1.54, 1.807) is 0 Å². The van der Waals surface area contributed by atoms with Gasteiger partial charge in [0.15, 0.2) is 0 Å². The van der Waals surface area contributed by atoms with E-state index in [-0.39, 0.29) is 0 Å². The van der Waals surface area contributed by atoms with Crippen LogP contribution in [0, 0.1) is 18.2 Å². The first-order chi connectivity index (χ1) is 7.15. The number of nitrogen functional groups attached to an aromatic ring is 1. The van der Waals surface area contributed by atoms with Crippen LogP contribution in [0.5, 0.6) is 5.75 Å². The molecule has 1 rings (SSSR count). The highest BCUT2D eigenvalue weighted by molar-refractivity contribution is 9.10.